The van der Waals surface area contributed by atoms with Gasteiger partial charge in [-0.25, -0.2) is 4.98 Å². The fourth-order valence-electron chi connectivity index (χ4n) is 2.39. The van der Waals surface area contributed by atoms with E-state index < -0.39 is 0 Å². The number of nitrogens with zero attached hydrogens (tertiary/aromatic N) is 3. The number of hydrogen-bond donors (Lipinski definition) is 2. The highest BCUT2D eigenvalue weighted by Gasteiger charge is 2.23. The summed E-state index contributed by atoms with van der Waals surface area (Å²) in [6, 6.07) is 7.68. The van der Waals surface area contributed by atoms with Crippen LogP contribution in [0.1, 0.15) is 25.7 Å². The fourth-order valence-corrected chi connectivity index (χ4v) is 2.39. The van der Waals surface area contributed by atoms with E-state index in [1.165, 1.54) is 0 Å². The first kappa shape index (κ1) is 11.3. The van der Waals surface area contributed by atoms with Crippen molar-refractivity contribution in [1.82, 2.24) is 15.2 Å². The number of anilines is 1. The molecule has 2 unspecified atom stereocenters. The van der Waals surface area contributed by atoms with Gasteiger partial charge < -0.3 is 10.4 Å². The quantitative estimate of drug-likeness (QED) is 0.842. The molecule has 1 aliphatic carbocycles. The standard InChI is InChI=1S/C13H16N4O/c18-12-8-4-3-7-11(12)15-13-14-9-5-1-2-6-10(9)16-17-13/h1-2,5-6,11-12,18H,3-4,7-8H2,(H,14,15,17). The largest absolute Gasteiger partial charge is 0.391 e. The molecule has 1 aromatic heterocycles. The Kier molecular flexibility index (Phi) is 3.06. The zero-order valence-electron chi connectivity index (χ0n) is 10.1. The van der Waals surface area contributed by atoms with Crippen LogP contribution in [0.15, 0.2) is 24.3 Å². The van der Waals surface area contributed by atoms with E-state index >= 15 is 0 Å². The van der Waals surface area contributed by atoms with Crippen LogP contribution in [0.4, 0.5) is 5.95 Å². The van der Waals surface area contributed by atoms with Crippen molar-refractivity contribution < 1.29 is 5.11 Å². The van der Waals surface area contributed by atoms with Crippen molar-refractivity contribution in [3.8, 4) is 0 Å². The molecule has 0 bridgehead atoms. The van der Waals surface area contributed by atoms with Crippen molar-refractivity contribution >= 4 is 17.0 Å². The van der Waals surface area contributed by atoms with E-state index in [1.807, 2.05) is 24.3 Å². The Morgan fingerprint density at radius 3 is 2.67 bits per heavy atom. The average molecular weight is 244 g/mol. The summed E-state index contributed by atoms with van der Waals surface area (Å²) in [5, 5.41) is 21.3. The molecular formula is C13H16N4O. The van der Waals surface area contributed by atoms with E-state index in [4.69, 9.17) is 0 Å². The van der Waals surface area contributed by atoms with Crippen LogP contribution in [0.25, 0.3) is 11.0 Å². The number of aliphatic hydroxyl groups excluding tert-OH is 1. The van der Waals surface area contributed by atoms with Crippen molar-refractivity contribution in [2.45, 2.75) is 37.8 Å². The molecule has 0 radical (unpaired) electrons. The third kappa shape index (κ3) is 2.26. The molecule has 1 fully saturated rings. The topological polar surface area (TPSA) is 70.9 Å². The maximum absolute atomic E-state index is 9.91. The number of aliphatic hydroxyl groups is 1. The van der Waals surface area contributed by atoms with Gasteiger partial charge >= 0.3 is 0 Å². The molecule has 0 spiro atoms. The molecule has 1 aliphatic rings. The van der Waals surface area contributed by atoms with Crippen LogP contribution in [0.5, 0.6) is 0 Å². The lowest BCUT2D eigenvalue weighted by molar-refractivity contribution is 0.116. The van der Waals surface area contributed by atoms with Gasteiger partial charge in [-0.2, -0.15) is 0 Å². The first-order valence-corrected chi connectivity index (χ1v) is 6.37. The maximum Gasteiger partial charge on any atom is 0.243 e. The summed E-state index contributed by atoms with van der Waals surface area (Å²) in [7, 11) is 0. The van der Waals surface area contributed by atoms with Gasteiger partial charge in [0, 0.05) is 0 Å². The molecule has 94 valence electrons. The van der Waals surface area contributed by atoms with Crippen molar-refractivity contribution in [1.29, 1.82) is 0 Å². The first-order chi connectivity index (χ1) is 8.83. The molecule has 2 aromatic rings. The van der Waals surface area contributed by atoms with Gasteiger partial charge in [-0.05, 0) is 25.0 Å². The summed E-state index contributed by atoms with van der Waals surface area (Å²) in [6.07, 6.45) is 3.72. The van der Waals surface area contributed by atoms with Gasteiger partial charge in [0.1, 0.15) is 5.52 Å². The Labute approximate surface area is 105 Å². The second-order valence-corrected chi connectivity index (χ2v) is 4.73. The summed E-state index contributed by atoms with van der Waals surface area (Å²) in [5.74, 6) is 0.500. The fraction of sp³-hybridized carbons (Fsp3) is 0.462. The molecular weight excluding hydrogens is 228 g/mol. The van der Waals surface area contributed by atoms with Crippen molar-refractivity contribution in [3.63, 3.8) is 0 Å². The molecule has 2 N–H and O–H groups in total. The molecule has 18 heavy (non-hydrogen) atoms. The first-order valence-electron chi connectivity index (χ1n) is 6.37. The molecule has 2 atom stereocenters. The zero-order valence-corrected chi connectivity index (χ0v) is 10.1. The second-order valence-electron chi connectivity index (χ2n) is 4.73. The van der Waals surface area contributed by atoms with Gasteiger partial charge in [-0.1, -0.05) is 25.0 Å². The lowest BCUT2D eigenvalue weighted by atomic mass is 9.93. The van der Waals surface area contributed by atoms with Crippen molar-refractivity contribution in [2.75, 3.05) is 5.32 Å². The molecule has 1 heterocycles. The molecule has 0 amide bonds. The summed E-state index contributed by atoms with van der Waals surface area (Å²) >= 11 is 0. The minimum absolute atomic E-state index is 0.0433. The Morgan fingerprint density at radius 1 is 1.06 bits per heavy atom. The Morgan fingerprint density at radius 2 is 1.83 bits per heavy atom. The van der Waals surface area contributed by atoms with Crippen LogP contribution in [0.2, 0.25) is 0 Å². The Balaban J connectivity index is 1.81. The number of hydrogen-bond acceptors (Lipinski definition) is 5. The van der Waals surface area contributed by atoms with Gasteiger partial charge in [0.05, 0.1) is 17.7 Å². The van der Waals surface area contributed by atoms with Gasteiger partial charge in [-0.15, -0.1) is 10.2 Å². The second kappa shape index (κ2) is 4.86. The van der Waals surface area contributed by atoms with E-state index in [9.17, 15) is 5.11 Å². The summed E-state index contributed by atoms with van der Waals surface area (Å²) in [4.78, 5) is 4.41. The summed E-state index contributed by atoms with van der Waals surface area (Å²) in [5.41, 5.74) is 1.60. The number of benzene rings is 1. The highest BCUT2D eigenvalue weighted by molar-refractivity contribution is 5.74. The summed E-state index contributed by atoms with van der Waals surface area (Å²) < 4.78 is 0. The van der Waals surface area contributed by atoms with E-state index in [-0.39, 0.29) is 12.1 Å². The van der Waals surface area contributed by atoms with Gasteiger partial charge in [0.2, 0.25) is 5.95 Å². The SMILES string of the molecule is OC1CCCCC1Nc1nnc2ccccc2n1. The van der Waals surface area contributed by atoms with Gasteiger partial charge in [-0.3, -0.25) is 0 Å². The Hall–Kier alpha value is -1.75. The van der Waals surface area contributed by atoms with E-state index in [0.29, 0.717) is 5.95 Å². The zero-order chi connectivity index (χ0) is 12.4. The third-order valence-electron chi connectivity index (χ3n) is 3.40. The number of aromatic nitrogens is 3. The molecule has 1 saturated carbocycles. The van der Waals surface area contributed by atoms with E-state index in [0.717, 1.165) is 36.7 Å². The van der Waals surface area contributed by atoms with Crippen LogP contribution in [0, 0.1) is 0 Å². The van der Waals surface area contributed by atoms with Gasteiger partial charge in [0.15, 0.2) is 0 Å². The molecule has 0 aliphatic heterocycles. The maximum atomic E-state index is 9.91. The number of para-hydroxylation sites is 1. The van der Waals surface area contributed by atoms with Crippen molar-refractivity contribution in [3.05, 3.63) is 24.3 Å². The highest BCUT2D eigenvalue weighted by Crippen LogP contribution is 2.21. The number of nitrogens with one attached hydrogen (secondary N) is 1. The van der Waals surface area contributed by atoms with E-state index in [1.54, 1.807) is 0 Å². The predicted octanol–water partition coefficient (Wildman–Crippen LogP) is 1.74. The van der Waals surface area contributed by atoms with Crippen LogP contribution in [-0.4, -0.2) is 32.4 Å². The summed E-state index contributed by atoms with van der Waals surface area (Å²) in [6.45, 7) is 0. The van der Waals surface area contributed by atoms with E-state index in [2.05, 4.69) is 20.5 Å². The lowest BCUT2D eigenvalue weighted by Gasteiger charge is -2.28. The molecule has 3 rings (SSSR count). The monoisotopic (exact) mass is 244 g/mol. The third-order valence-corrected chi connectivity index (χ3v) is 3.40. The van der Waals surface area contributed by atoms with Crippen molar-refractivity contribution in [2.24, 2.45) is 0 Å². The molecule has 5 heteroatoms. The highest BCUT2D eigenvalue weighted by atomic mass is 16.3. The minimum Gasteiger partial charge on any atom is -0.391 e. The van der Waals surface area contributed by atoms with Crippen LogP contribution >= 0.6 is 0 Å². The Bertz CT molecular complexity index is 545. The smallest absolute Gasteiger partial charge is 0.243 e. The molecule has 1 aromatic carbocycles. The number of rotatable bonds is 2. The predicted molar refractivity (Wildman–Crippen MR) is 69.2 cm³/mol. The van der Waals surface area contributed by atoms with Crippen LogP contribution in [-0.2, 0) is 0 Å². The average Bonchev–Trinajstić information content (AvgIpc) is 2.41. The minimum atomic E-state index is -0.311. The lowest BCUT2D eigenvalue weighted by Crippen LogP contribution is -2.36. The van der Waals surface area contributed by atoms with Gasteiger partial charge in [0.25, 0.3) is 0 Å². The van der Waals surface area contributed by atoms with Crippen LogP contribution < -0.4 is 5.32 Å². The number of fused-ring (bicyclic) bond motifs is 1. The van der Waals surface area contributed by atoms with Crippen LogP contribution in [0.3, 0.4) is 0 Å². The molecule has 5 nitrogen and oxygen atoms in total. The molecule has 0 saturated heterocycles. The normalized spacial score (nSPS) is 24.1.